The molecule has 0 aliphatic carbocycles. The quantitative estimate of drug-likeness (QED) is 0.834. The Morgan fingerprint density at radius 2 is 1.94 bits per heavy atom. The largest absolute Gasteiger partial charge is 0.396 e. The molecule has 0 saturated heterocycles. The summed E-state index contributed by atoms with van der Waals surface area (Å²) in [4.78, 5) is 0. The second-order valence-electron chi connectivity index (χ2n) is 4.59. The molecule has 0 fully saturated rings. The van der Waals surface area contributed by atoms with E-state index in [9.17, 15) is 5.11 Å². The van der Waals surface area contributed by atoms with Crippen molar-refractivity contribution in [1.82, 2.24) is 0 Å². The standard InChI is InChI=1S/C13H19ClO2/c1-13(2,16)11(7-5-9-15)10-6-3-4-8-12(10)14/h3-4,6,8,11,15-16H,5,7,9H2,1-2H3. The Morgan fingerprint density at radius 3 is 2.44 bits per heavy atom. The minimum atomic E-state index is -0.833. The zero-order chi connectivity index (χ0) is 12.2. The molecular formula is C13H19ClO2. The van der Waals surface area contributed by atoms with Gasteiger partial charge in [-0.15, -0.1) is 0 Å². The van der Waals surface area contributed by atoms with Crippen molar-refractivity contribution in [3.05, 3.63) is 34.9 Å². The Kier molecular flexibility index (Phi) is 4.78. The Bertz CT molecular complexity index is 331. The number of aliphatic hydroxyl groups excluding tert-OH is 1. The first-order valence-electron chi connectivity index (χ1n) is 5.54. The average molecular weight is 243 g/mol. The highest BCUT2D eigenvalue weighted by Crippen LogP contribution is 2.35. The summed E-state index contributed by atoms with van der Waals surface area (Å²) in [5.74, 6) is -0.0478. The van der Waals surface area contributed by atoms with Crippen LogP contribution >= 0.6 is 11.6 Å². The molecule has 0 amide bonds. The van der Waals surface area contributed by atoms with Crippen molar-refractivity contribution in [3.63, 3.8) is 0 Å². The van der Waals surface area contributed by atoms with Crippen LogP contribution in [-0.4, -0.2) is 22.4 Å². The van der Waals surface area contributed by atoms with Gasteiger partial charge in [-0.2, -0.15) is 0 Å². The molecule has 0 spiro atoms. The van der Waals surface area contributed by atoms with E-state index in [4.69, 9.17) is 16.7 Å². The second-order valence-corrected chi connectivity index (χ2v) is 5.00. The summed E-state index contributed by atoms with van der Waals surface area (Å²) in [7, 11) is 0. The van der Waals surface area contributed by atoms with Gasteiger partial charge in [-0.3, -0.25) is 0 Å². The third kappa shape index (κ3) is 3.48. The lowest BCUT2D eigenvalue weighted by Gasteiger charge is -2.30. The smallest absolute Gasteiger partial charge is 0.0660 e. The number of hydrogen-bond donors (Lipinski definition) is 2. The van der Waals surface area contributed by atoms with Crippen LogP contribution in [0.4, 0.5) is 0 Å². The Morgan fingerprint density at radius 1 is 1.31 bits per heavy atom. The predicted octanol–water partition coefficient (Wildman–Crippen LogP) is 2.97. The highest BCUT2D eigenvalue weighted by molar-refractivity contribution is 6.31. The van der Waals surface area contributed by atoms with Crippen LogP contribution in [0, 0.1) is 0 Å². The SMILES string of the molecule is CC(C)(O)C(CCCO)c1ccccc1Cl. The predicted molar refractivity (Wildman–Crippen MR) is 66.8 cm³/mol. The maximum Gasteiger partial charge on any atom is 0.0660 e. The fourth-order valence-electron chi connectivity index (χ4n) is 1.94. The first-order chi connectivity index (χ1) is 7.46. The summed E-state index contributed by atoms with van der Waals surface area (Å²) in [5, 5.41) is 19.7. The number of hydrogen-bond acceptors (Lipinski definition) is 2. The molecule has 0 heterocycles. The van der Waals surface area contributed by atoms with Crippen LogP contribution in [-0.2, 0) is 0 Å². The summed E-state index contributed by atoms with van der Waals surface area (Å²) >= 11 is 6.13. The van der Waals surface area contributed by atoms with Gasteiger partial charge in [0.1, 0.15) is 0 Å². The molecule has 1 aromatic rings. The van der Waals surface area contributed by atoms with Gasteiger partial charge < -0.3 is 10.2 Å². The summed E-state index contributed by atoms with van der Waals surface area (Å²) in [6.45, 7) is 3.69. The lowest BCUT2D eigenvalue weighted by molar-refractivity contribution is 0.0442. The van der Waals surface area contributed by atoms with Crippen molar-refractivity contribution in [1.29, 1.82) is 0 Å². The molecule has 2 nitrogen and oxygen atoms in total. The molecule has 1 atom stereocenters. The van der Waals surface area contributed by atoms with E-state index in [0.29, 0.717) is 11.4 Å². The first kappa shape index (κ1) is 13.5. The maximum absolute atomic E-state index is 10.1. The molecule has 90 valence electrons. The molecule has 0 radical (unpaired) electrons. The van der Waals surface area contributed by atoms with Gasteiger partial charge >= 0.3 is 0 Å². The Hall–Kier alpha value is -0.570. The summed E-state index contributed by atoms with van der Waals surface area (Å²) < 4.78 is 0. The fourth-order valence-corrected chi connectivity index (χ4v) is 2.21. The number of halogens is 1. The first-order valence-corrected chi connectivity index (χ1v) is 5.92. The van der Waals surface area contributed by atoms with Crippen LogP contribution in [0.15, 0.2) is 24.3 Å². The third-order valence-electron chi connectivity index (χ3n) is 2.78. The van der Waals surface area contributed by atoms with Gasteiger partial charge in [-0.25, -0.2) is 0 Å². The highest BCUT2D eigenvalue weighted by Gasteiger charge is 2.29. The lowest BCUT2D eigenvalue weighted by atomic mass is 9.81. The van der Waals surface area contributed by atoms with E-state index in [1.54, 1.807) is 13.8 Å². The van der Waals surface area contributed by atoms with Gasteiger partial charge in [0.05, 0.1) is 5.60 Å². The summed E-state index contributed by atoms with van der Waals surface area (Å²) in [6.07, 6.45) is 1.39. The molecule has 0 saturated carbocycles. The van der Waals surface area contributed by atoms with Crippen LogP contribution in [0.2, 0.25) is 5.02 Å². The minimum Gasteiger partial charge on any atom is -0.396 e. The van der Waals surface area contributed by atoms with E-state index >= 15 is 0 Å². The van der Waals surface area contributed by atoms with E-state index in [1.165, 1.54) is 0 Å². The molecule has 0 aliphatic rings. The zero-order valence-corrected chi connectivity index (χ0v) is 10.5. The van der Waals surface area contributed by atoms with Crippen molar-refractivity contribution in [3.8, 4) is 0 Å². The van der Waals surface area contributed by atoms with Crippen molar-refractivity contribution in [2.75, 3.05) is 6.61 Å². The minimum absolute atomic E-state index is 0.0478. The van der Waals surface area contributed by atoms with Gasteiger partial charge in [0, 0.05) is 17.5 Å². The van der Waals surface area contributed by atoms with Crippen LogP contribution in [0.1, 0.15) is 38.2 Å². The van der Waals surface area contributed by atoms with E-state index < -0.39 is 5.60 Å². The van der Waals surface area contributed by atoms with Crippen LogP contribution in [0.5, 0.6) is 0 Å². The van der Waals surface area contributed by atoms with Crippen LogP contribution in [0.3, 0.4) is 0 Å². The molecule has 2 N–H and O–H groups in total. The fraction of sp³-hybridized carbons (Fsp3) is 0.538. The molecular weight excluding hydrogens is 224 g/mol. The molecule has 16 heavy (non-hydrogen) atoms. The topological polar surface area (TPSA) is 40.5 Å². The Labute approximate surface area is 102 Å². The number of benzene rings is 1. The average Bonchev–Trinajstić information content (AvgIpc) is 2.19. The highest BCUT2D eigenvalue weighted by atomic mass is 35.5. The molecule has 0 aromatic heterocycles. The molecule has 1 rings (SSSR count). The van der Waals surface area contributed by atoms with Crippen LogP contribution in [0.25, 0.3) is 0 Å². The molecule has 1 aromatic carbocycles. The van der Waals surface area contributed by atoms with E-state index in [1.807, 2.05) is 24.3 Å². The van der Waals surface area contributed by atoms with Gasteiger partial charge in [-0.1, -0.05) is 29.8 Å². The lowest BCUT2D eigenvalue weighted by Crippen LogP contribution is -2.29. The van der Waals surface area contributed by atoms with Crippen molar-refractivity contribution < 1.29 is 10.2 Å². The number of aliphatic hydroxyl groups is 2. The van der Waals surface area contributed by atoms with Gasteiger partial charge in [0.15, 0.2) is 0 Å². The van der Waals surface area contributed by atoms with E-state index in [0.717, 1.165) is 12.0 Å². The zero-order valence-electron chi connectivity index (χ0n) is 9.78. The molecule has 0 bridgehead atoms. The van der Waals surface area contributed by atoms with Crippen molar-refractivity contribution in [2.45, 2.75) is 38.2 Å². The summed E-state index contributed by atoms with van der Waals surface area (Å²) in [6, 6.07) is 7.55. The molecule has 3 heteroatoms. The van der Waals surface area contributed by atoms with Crippen molar-refractivity contribution in [2.24, 2.45) is 0 Å². The van der Waals surface area contributed by atoms with E-state index in [2.05, 4.69) is 0 Å². The normalized spacial score (nSPS) is 13.8. The second kappa shape index (κ2) is 5.67. The van der Waals surface area contributed by atoms with E-state index in [-0.39, 0.29) is 12.5 Å². The maximum atomic E-state index is 10.1. The molecule has 1 unspecified atom stereocenters. The Balaban J connectivity index is 2.97. The van der Waals surface area contributed by atoms with Gasteiger partial charge in [0.2, 0.25) is 0 Å². The van der Waals surface area contributed by atoms with Gasteiger partial charge in [0.25, 0.3) is 0 Å². The molecule has 0 aliphatic heterocycles. The monoisotopic (exact) mass is 242 g/mol. The van der Waals surface area contributed by atoms with Crippen LogP contribution < -0.4 is 0 Å². The third-order valence-corrected chi connectivity index (χ3v) is 3.13. The van der Waals surface area contributed by atoms with Crippen molar-refractivity contribution >= 4 is 11.6 Å². The van der Waals surface area contributed by atoms with Gasteiger partial charge in [-0.05, 0) is 38.3 Å². The number of rotatable bonds is 5. The summed E-state index contributed by atoms with van der Waals surface area (Å²) in [5.41, 5.74) is 0.116.